The molecule has 0 unspecified atom stereocenters. The first-order valence-corrected chi connectivity index (χ1v) is 9.41. The summed E-state index contributed by atoms with van der Waals surface area (Å²) >= 11 is 6.99. The number of hydrogen-bond donors (Lipinski definition) is 1. The van der Waals surface area contributed by atoms with Crippen molar-refractivity contribution in [3.8, 4) is 0 Å². The molecule has 1 amide bonds. The number of aryl methyl sites for hydroxylation is 2. The van der Waals surface area contributed by atoms with E-state index in [1.807, 2.05) is 30.4 Å². The molecule has 0 fully saturated rings. The zero-order valence-corrected chi connectivity index (χ0v) is 16.0. The summed E-state index contributed by atoms with van der Waals surface area (Å²) in [7, 11) is 0. The lowest BCUT2D eigenvalue weighted by molar-refractivity contribution is -0.113. The van der Waals surface area contributed by atoms with E-state index in [0.29, 0.717) is 10.7 Å². The number of furan rings is 1. The summed E-state index contributed by atoms with van der Waals surface area (Å²) in [5.74, 6) is 0.879. The maximum Gasteiger partial charge on any atom is 0.234 e. The van der Waals surface area contributed by atoms with Crippen molar-refractivity contribution >= 4 is 51.6 Å². The minimum Gasteiger partial charge on any atom is -0.460 e. The van der Waals surface area contributed by atoms with E-state index in [4.69, 9.17) is 16.0 Å². The molecule has 0 spiro atoms. The van der Waals surface area contributed by atoms with E-state index in [-0.39, 0.29) is 16.7 Å². The fourth-order valence-corrected chi connectivity index (χ4v) is 3.76. The molecule has 1 aromatic carbocycles. The van der Waals surface area contributed by atoms with Crippen LogP contribution in [0.25, 0.3) is 16.6 Å². The molecule has 0 atom stereocenters. The van der Waals surface area contributed by atoms with Crippen molar-refractivity contribution in [2.24, 2.45) is 0 Å². The van der Waals surface area contributed by atoms with Crippen molar-refractivity contribution in [3.63, 3.8) is 0 Å². The minimum atomic E-state index is -0.533. The zero-order valence-electron chi connectivity index (χ0n) is 14.4. The monoisotopic (exact) mass is 404 g/mol. The number of benzene rings is 1. The predicted molar refractivity (Wildman–Crippen MR) is 103 cm³/mol. The van der Waals surface area contributed by atoms with E-state index in [0.717, 1.165) is 28.2 Å². The molecule has 0 aliphatic rings. The average Bonchev–Trinajstić information content (AvgIpc) is 3.14. The molecular weight excluding hydrogens is 391 g/mol. The summed E-state index contributed by atoms with van der Waals surface area (Å²) in [6, 6.07) is 7.86. The molecule has 27 heavy (non-hydrogen) atoms. The van der Waals surface area contributed by atoms with E-state index < -0.39 is 5.82 Å². The van der Waals surface area contributed by atoms with Crippen LogP contribution in [0.15, 0.2) is 39.8 Å². The number of halogens is 2. The van der Waals surface area contributed by atoms with Gasteiger partial charge in [-0.2, -0.15) is 0 Å². The third-order valence-corrected chi connectivity index (χ3v) is 5.25. The van der Waals surface area contributed by atoms with Crippen LogP contribution in [0, 0.1) is 19.7 Å². The standard InChI is InChI=1S/C18H14ClFN4O2S/c1-9-5-14-16(26-9)7-15-18(23-22-10(2)24(14)15)27-8-17(25)21-11-3-4-13(20)12(19)6-11/h3-7H,8H2,1-2H3,(H,21,25). The van der Waals surface area contributed by atoms with Crippen LogP contribution in [-0.4, -0.2) is 26.3 Å². The van der Waals surface area contributed by atoms with Gasteiger partial charge in [-0.1, -0.05) is 23.4 Å². The molecule has 3 aromatic heterocycles. The lowest BCUT2D eigenvalue weighted by atomic mass is 10.3. The van der Waals surface area contributed by atoms with Gasteiger partial charge in [0.25, 0.3) is 0 Å². The van der Waals surface area contributed by atoms with Gasteiger partial charge >= 0.3 is 0 Å². The van der Waals surface area contributed by atoms with Crippen LogP contribution in [0.2, 0.25) is 5.02 Å². The summed E-state index contributed by atoms with van der Waals surface area (Å²) in [5.41, 5.74) is 2.93. The molecule has 0 radical (unpaired) electrons. The Hall–Kier alpha value is -2.58. The van der Waals surface area contributed by atoms with Gasteiger partial charge in [0.2, 0.25) is 5.91 Å². The van der Waals surface area contributed by atoms with E-state index in [1.54, 1.807) is 0 Å². The third kappa shape index (κ3) is 3.38. The maximum absolute atomic E-state index is 13.2. The quantitative estimate of drug-likeness (QED) is 0.502. The number of aromatic nitrogens is 3. The number of hydrogen-bond acceptors (Lipinski definition) is 5. The van der Waals surface area contributed by atoms with Gasteiger partial charge in [-0.05, 0) is 32.0 Å². The number of fused-ring (bicyclic) bond motifs is 3. The number of nitrogens with one attached hydrogen (secondary N) is 1. The van der Waals surface area contributed by atoms with Crippen molar-refractivity contribution in [1.82, 2.24) is 14.6 Å². The average molecular weight is 405 g/mol. The van der Waals surface area contributed by atoms with Gasteiger partial charge in [-0.3, -0.25) is 9.20 Å². The van der Waals surface area contributed by atoms with Crippen LogP contribution < -0.4 is 5.32 Å². The van der Waals surface area contributed by atoms with Gasteiger partial charge < -0.3 is 9.73 Å². The molecular formula is C18H14ClFN4O2S. The minimum absolute atomic E-state index is 0.0439. The number of anilines is 1. The highest BCUT2D eigenvalue weighted by Gasteiger charge is 2.16. The Morgan fingerprint density at radius 3 is 2.85 bits per heavy atom. The molecule has 1 N–H and O–H groups in total. The lowest BCUT2D eigenvalue weighted by Gasteiger charge is -2.07. The second-order valence-corrected chi connectivity index (χ2v) is 7.36. The number of amides is 1. The second-order valence-electron chi connectivity index (χ2n) is 5.99. The zero-order chi connectivity index (χ0) is 19.1. The van der Waals surface area contributed by atoms with E-state index >= 15 is 0 Å². The van der Waals surface area contributed by atoms with E-state index in [2.05, 4.69) is 15.5 Å². The molecule has 0 saturated carbocycles. The normalized spacial score (nSPS) is 11.4. The molecule has 0 aliphatic heterocycles. The Bertz CT molecular complexity index is 1190. The molecule has 4 rings (SSSR count). The van der Waals surface area contributed by atoms with Crippen LogP contribution in [0.4, 0.5) is 10.1 Å². The fraction of sp³-hybridized carbons (Fsp3) is 0.167. The van der Waals surface area contributed by atoms with Crippen molar-refractivity contribution in [1.29, 1.82) is 0 Å². The number of thioether (sulfide) groups is 1. The highest BCUT2D eigenvalue weighted by molar-refractivity contribution is 8.00. The van der Waals surface area contributed by atoms with Crippen molar-refractivity contribution in [2.75, 3.05) is 11.1 Å². The SMILES string of the molecule is Cc1cc2c(cc3c(SCC(=O)Nc4ccc(F)c(Cl)c4)nnc(C)n32)o1. The molecule has 138 valence electrons. The largest absolute Gasteiger partial charge is 0.460 e. The Kier molecular flexibility index (Phi) is 4.53. The second kappa shape index (κ2) is 6.86. The Morgan fingerprint density at radius 2 is 2.07 bits per heavy atom. The summed E-state index contributed by atoms with van der Waals surface area (Å²) < 4.78 is 20.8. The topological polar surface area (TPSA) is 72.4 Å². The van der Waals surface area contributed by atoms with E-state index in [1.165, 1.54) is 30.0 Å². The van der Waals surface area contributed by atoms with Crippen LogP contribution in [0.1, 0.15) is 11.6 Å². The Balaban J connectivity index is 1.55. The molecule has 0 saturated heterocycles. The maximum atomic E-state index is 13.2. The first kappa shape index (κ1) is 17.8. The fourth-order valence-electron chi connectivity index (χ4n) is 2.84. The molecule has 0 aliphatic carbocycles. The molecule has 9 heteroatoms. The van der Waals surface area contributed by atoms with Crippen LogP contribution in [0.3, 0.4) is 0 Å². The highest BCUT2D eigenvalue weighted by Crippen LogP contribution is 2.30. The van der Waals surface area contributed by atoms with Crippen LogP contribution in [0.5, 0.6) is 0 Å². The van der Waals surface area contributed by atoms with Crippen LogP contribution >= 0.6 is 23.4 Å². The van der Waals surface area contributed by atoms with Crippen molar-refractivity contribution in [3.05, 3.63) is 52.8 Å². The number of rotatable bonds is 4. The Labute approximate surface area is 162 Å². The van der Waals surface area contributed by atoms with E-state index in [9.17, 15) is 9.18 Å². The number of carbonyl (C=O) groups is 1. The van der Waals surface area contributed by atoms with Gasteiger partial charge in [-0.25, -0.2) is 4.39 Å². The van der Waals surface area contributed by atoms with Gasteiger partial charge in [-0.15, -0.1) is 10.2 Å². The van der Waals surface area contributed by atoms with Crippen molar-refractivity contribution < 1.29 is 13.6 Å². The smallest absolute Gasteiger partial charge is 0.234 e. The van der Waals surface area contributed by atoms with Gasteiger partial charge in [0.15, 0.2) is 5.58 Å². The predicted octanol–water partition coefficient (Wildman–Crippen LogP) is 4.62. The molecule has 0 bridgehead atoms. The highest BCUT2D eigenvalue weighted by atomic mass is 35.5. The summed E-state index contributed by atoms with van der Waals surface area (Å²) in [6.45, 7) is 3.75. The number of nitrogens with zero attached hydrogens (tertiary/aromatic N) is 3. The molecule has 6 nitrogen and oxygen atoms in total. The first-order valence-electron chi connectivity index (χ1n) is 8.05. The first-order chi connectivity index (χ1) is 12.9. The molecule has 3 heterocycles. The lowest BCUT2D eigenvalue weighted by Crippen LogP contribution is -2.14. The number of carbonyl (C=O) groups excluding carboxylic acids is 1. The van der Waals surface area contributed by atoms with Crippen molar-refractivity contribution in [2.45, 2.75) is 18.9 Å². The van der Waals surface area contributed by atoms with Gasteiger partial charge in [0, 0.05) is 17.8 Å². The van der Waals surface area contributed by atoms with Gasteiger partial charge in [0.05, 0.1) is 21.8 Å². The van der Waals surface area contributed by atoms with Crippen LogP contribution in [-0.2, 0) is 4.79 Å². The summed E-state index contributed by atoms with van der Waals surface area (Å²) in [4.78, 5) is 12.2. The van der Waals surface area contributed by atoms with Gasteiger partial charge in [0.1, 0.15) is 22.4 Å². The third-order valence-electron chi connectivity index (χ3n) is 3.98. The summed E-state index contributed by atoms with van der Waals surface area (Å²) in [6.07, 6.45) is 0. The molecule has 4 aromatic rings. The summed E-state index contributed by atoms with van der Waals surface area (Å²) in [5, 5.41) is 11.7. The Morgan fingerprint density at radius 1 is 1.26 bits per heavy atom.